The second kappa shape index (κ2) is 5.96. The van der Waals surface area contributed by atoms with Gasteiger partial charge >= 0.3 is 5.97 Å². The Morgan fingerprint density at radius 3 is 2.32 bits per heavy atom. The van der Waals surface area contributed by atoms with Gasteiger partial charge in [-0.1, -0.05) is 0 Å². The fraction of sp³-hybridized carbons (Fsp3) is 0.533. The molecule has 5 nitrogen and oxygen atoms in total. The van der Waals surface area contributed by atoms with Crippen LogP contribution in [0.2, 0.25) is 0 Å². The van der Waals surface area contributed by atoms with Crippen LogP contribution in [-0.4, -0.2) is 36.4 Å². The molecule has 0 radical (unpaired) electrons. The highest BCUT2D eigenvalue weighted by atomic mass is 32.2. The molecule has 0 aliphatic carbocycles. The summed E-state index contributed by atoms with van der Waals surface area (Å²) in [5, 5.41) is 9.15. The fourth-order valence-corrected chi connectivity index (χ4v) is 5.15. The van der Waals surface area contributed by atoms with E-state index in [0.717, 1.165) is 0 Å². The van der Waals surface area contributed by atoms with E-state index in [2.05, 4.69) is 0 Å². The lowest BCUT2D eigenvalue weighted by molar-refractivity contribution is -0.143. The Bertz CT molecular complexity index is 678. The third-order valence-corrected chi connectivity index (χ3v) is 6.45. The number of piperidine rings is 1. The van der Waals surface area contributed by atoms with Gasteiger partial charge in [-0.05, 0) is 56.9 Å². The lowest BCUT2D eigenvalue weighted by Crippen LogP contribution is -2.47. The zero-order chi connectivity index (χ0) is 16.7. The van der Waals surface area contributed by atoms with Gasteiger partial charge in [-0.3, -0.25) is 4.79 Å². The van der Waals surface area contributed by atoms with Crippen LogP contribution in [0.4, 0.5) is 4.39 Å². The first-order valence-corrected chi connectivity index (χ1v) is 8.60. The average Bonchev–Trinajstić information content (AvgIpc) is 2.36. The number of carboxylic acid groups (broad SMARTS) is 1. The van der Waals surface area contributed by atoms with Crippen LogP contribution in [0.3, 0.4) is 0 Å². The van der Waals surface area contributed by atoms with Crippen molar-refractivity contribution in [2.45, 2.75) is 44.6 Å². The average molecular weight is 329 g/mol. The summed E-state index contributed by atoms with van der Waals surface area (Å²) in [6.45, 7) is 4.82. The molecule has 122 valence electrons. The number of hydrogen-bond acceptors (Lipinski definition) is 3. The van der Waals surface area contributed by atoms with E-state index < -0.39 is 27.7 Å². The normalized spacial score (nSPS) is 23.5. The summed E-state index contributed by atoms with van der Waals surface area (Å²) < 4.78 is 40.5. The molecule has 1 aliphatic heterocycles. The summed E-state index contributed by atoms with van der Waals surface area (Å²) in [7, 11) is -3.85. The third kappa shape index (κ3) is 3.01. The summed E-state index contributed by atoms with van der Waals surface area (Å²) in [5.74, 6) is -2.17. The SMILES string of the molecule is Cc1cc(F)cc(C)c1S(=O)(=O)N1CC(C(=O)O)CCC1C. The number of aliphatic carboxylic acids is 1. The van der Waals surface area contributed by atoms with Gasteiger partial charge in [0.05, 0.1) is 10.8 Å². The van der Waals surface area contributed by atoms with Crippen molar-refractivity contribution in [3.05, 3.63) is 29.1 Å². The summed E-state index contributed by atoms with van der Waals surface area (Å²) in [5.41, 5.74) is 0.671. The number of halogens is 1. The fourth-order valence-electron chi connectivity index (χ4n) is 3.03. The van der Waals surface area contributed by atoms with Crippen LogP contribution in [-0.2, 0) is 14.8 Å². The van der Waals surface area contributed by atoms with Gasteiger partial charge in [0, 0.05) is 12.6 Å². The Morgan fingerprint density at radius 1 is 1.27 bits per heavy atom. The van der Waals surface area contributed by atoms with Gasteiger partial charge in [0.25, 0.3) is 0 Å². The minimum atomic E-state index is -3.85. The molecule has 2 rings (SSSR count). The molecule has 0 saturated carbocycles. The highest BCUT2D eigenvalue weighted by Gasteiger charge is 2.38. The van der Waals surface area contributed by atoms with Crippen LogP contribution in [0.25, 0.3) is 0 Å². The standard InChI is InChI=1S/C15H20FNO4S/c1-9-6-13(16)7-10(2)14(9)22(20,21)17-8-12(15(18)19)5-4-11(17)3/h6-7,11-12H,4-5,8H2,1-3H3,(H,18,19). The molecule has 0 bridgehead atoms. The molecule has 7 heteroatoms. The number of sulfonamides is 1. The Hall–Kier alpha value is -1.47. The molecular weight excluding hydrogens is 309 g/mol. The predicted molar refractivity (Wildman–Crippen MR) is 79.6 cm³/mol. The molecule has 1 aromatic rings. The van der Waals surface area contributed by atoms with E-state index in [1.54, 1.807) is 20.8 Å². The number of carbonyl (C=O) groups is 1. The number of hydrogen-bond donors (Lipinski definition) is 1. The van der Waals surface area contributed by atoms with Crippen molar-refractivity contribution in [3.8, 4) is 0 Å². The maximum Gasteiger partial charge on any atom is 0.307 e. The zero-order valence-electron chi connectivity index (χ0n) is 12.8. The van der Waals surface area contributed by atoms with Crippen LogP contribution in [0.5, 0.6) is 0 Å². The second-order valence-corrected chi connectivity index (χ2v) is 7.73. The van der Waals surface area contributed by atoms with E-state index in [1.807, 2.05) is 0 Å². The van der Waals surface area contributed by atoms with E-state index >= 15 is 0 Å². The highest BCUT2D eigenvalue weighted by molar-refractivity contribution is 7.89. The molecule has 1 heterocycles. The largest absolute Gasteiger partial charge is 0.481 e. The molecule has 1 N–H and O–H groups in total. The maximum atomic E-state index is 13.4. The summed E-state index contributed by atoms with van der Waals surface area (Å²) in [6.07, 6.45) is 0.958. The van der Waals surface area contributed by atoms with Gasteiger partial charge in [0.15, 0.2) is 0 Å². The van der Waals surface area contributed by atoms with Crippen molar-refractivity contribution in [1.29, 1.82) is 0 Å². The van der Waals surface area contributed by atoms with Gasteiger partial charge in [-0.25, -0.2) is 12.8 Å². The molecule has 0 aromatic heterocycles. The number of carboxylic acids is 1. The van der Waals surface area contributed by atoms with Crippen molar-refractivity contribution in [2.75, 3.05) is 6.54 Å². The molecule has 1 aliphatic rings. The lowest BCUT2D eigenvalue weighted by Gasteiger charge is -2.36. The van der Waals surface area contributed by atoms with Gasteiger partial charge < -0.3 is 5.11 Å². The van der Waals surface area contributed by atoms with E-state index in [1.165, 1.54) is 16.4 Å². The first kappa shape index (κ1) is 16.9. The monoisotopic (exact) mass is 329 g/mol. The molecule has 2 unspecified atom stereocenters. The van der Waals surface area contributed by atoms with E-state index in [0.29, 0.717) is 24.0 Å². The van der Waals surface area contributed by atoms with Gasteiger partial charge in [-0.15, -0.1) is 0 Å². The minimum absolute atomic E-state index is 0.0465. The third-order valence-electron chi connectivity index (χ3n) is 4.17. The van der Waals surface area contributed by atoms with Crippen LogP contribution < -0.4 is 0 Å². The molecule has 1 saturated heterocycles. The first-order valence-electron chi connectivity index (χ1n) is 7.16. The Morgan fingerprint density at radius 2 is 1.82 bits per heavy atom. The summed E-state index contributed by atoms with van der Waals surface area (Å²) in [6, 6.07) is 2.09. The molecule has 1 fully saturated rings. The van der Waals surface area contributed by atoms with Crippen LogP contribution >= 0.6 is 0 Å². The van der Waals surface area contributed by atoms with Crippen molar-refractivity contribution in [2.24, 2.45) is 5.92 Å². The van der Waals surface area contributed by atoms with Crippen molar-refractivity contribution in [1.82, 2.24) is 4.31 Å². The summed E-state index contributed by atoms with van der Waals surface area (Å²) in [4.78, 5) is 11.3. The minimum Gasteiger partial charge on any atom is -0.481 e. The van der Waals surface area contributed by atoms with Crippen LogP contribution in [0.1, 0.15) is 30.9 Å². The number of rotatable bonds is 3. The number of nitrogens with zero attached hydrogens (tertiary/aromatic N) is 1. The van der Waals surface area contributed by atoms with E-state index in [-0.39, 0.29) is 17.5 Å². The molecule has 1 aromatic carbocycles. The lowest BCUT2D eigenvalue weighted by atomic mass is 9.96. The molecule has 2 atom stereocenters. The highest BCUT2D eigenvalue weighted by Crippen LogP contribution is 2.31. The smallest absolute Gasteiger partial charge is 0.307 e. The quantitative estimate of drug-likeness (QED) is 0.923. The van der Waals surface area contributed by atoms with Gasteiger partial charge in [0.2, 0.25) is 10.0 Å². The summed E-state index contributed by atoms with van der Waals surface area (Å²) >= 11 is 0. The zero-order valence-corrected chi connectivity index (χ0v) is 13.7. The van der Waals surface area contributed by atoms with Crippen molar-refractivity contribution in [3.63, 3.8) is 0 Å². The van der Waals surface area contributed by atoms with Crippen molar-refractivity contribution < 1.29 is 22.7 Å². The van der Waals surface area contributed by atoms with Gasteiger partial charge in [-0.2, -0.15) is 4.31 Å². The van der Waals surface area contributed by atoms with Crippen LogP contribution in [0.15, 0.2) is 17.0 Å². The Kier molecular flexibility index (Phi) is 4.58. The molecule has 22 heavy (non-hydrogen) atoms. The van der Waals surface area contributed by atoms with Gasteiger partial charge in [0.1, 0.15) is 5.82 Å². The Labute approximate surface area is 129 Å². The number of benzene rings is 1. The maximum absolute atomic E-state index is 13.4. The Balaban J connectivity index is 2.47. The molecular formula is C15H20FNO4S. The molecule has 0 amide bonds. The second-order valence-electron chi connectivity index (χ2n) is 5.90. The van der Waals surface area contributed by atoms with E-state index in [4.69, 9.17) is 5.11 Å². The first-order chi connectivity index (χ1) is 10.1. The topological polar surface area (TPSA) is 74.7 Å². The predicted octanol–water partition coefficient (Wildman–Crippen LogP) is 2.32. The van der Waals surface area contributed by atoms with E-state index in [9.17, 15) is 17.6 Å². The van der Waals surface area contributed by atoms with Crippen LogP contribution in [0, 0.1) is 25.6 Å². The number of aryl methyl sites for hydroxylation is 2. The molecule has 0 spiro atoms. The van der Waals surface area contributed by atoms with Crippen molar-refractivity contribution >= 4 is 16.0 Å².